The molecule has 0 spiro atoms. The minimum atomic E-state index is -0.736. The predicted octanol–water partition coefficient (Wildman–Crippen LogP) is 4.96. The number of rotatable bonds is 5. The summed E-state index contributed by atoms with van der Waals surface area (Å²) < 4.78 is 27.6. The average Bonchev–Trinajstić information content (AvgIpc) is 3.26. The molecule has 1 aliphatic rings. The van der Waals surface area contributed by atoms with E-state index in [9.17, 15) is 13.6 Å². The number of carbonyl (C=O) groups excluding carboxylic acids is 1. The molecule has 0 unspecified atom stereocenters. The molecule has 2 aromatic carbocycles. The number of aromatic nitrogens is 1. The number of carbonyl (C=O) groups is 1. The first-order valence-corrected chi connectivity index (χ1v) is 9.43. The first-order valence-electron chi connectivity index (χ1n) is 9.43. The zero-order chi connectivity index (χ0) is 20.2. The molecule has 0 aliphatic carbocycles. The van der Waals surface area contributed by atoms with Gasteiger partial charge in [-0.05, 0) is 61.4 Å². The third-order valence-corrected chi connectivity index (χ3v) is 4.83. The maximum atomic E-state index is 13.8. The lowest BCUT2D eigenvalue weighted by molar-refractivity contribution is 0.102. The van der Waals surface area contributed by atoms with Gasteiger partial charge in [0.05, 0.1) is 0 Å². The van der Waals surface area contributed by atoms with Gasteiger partial charge < -0.3 is 15.5 Å². The van der Waals surface area contributed by atoms with Gasteiger partial charge in [-0.1, -0.05) is 6.07 Å². The smallest absolute Gasteiger partial charge is 0.255 e. The number of anilines is 4. The van der Waals surface area contributed by atoms with Crippen LogP contribution >= 0.6 is 0 Å². The molecule has 3 aromatic rings. The molecule has 1 saturated heterocycles. The van der Waals surface area contributed by atoms with Crippen LogP contribution in [0.3, 0.4) is 0 Å². The Labute approximate surface area is 167 Å². The summed E-state index contributed by atoms with van der Waals surface area (Å²) in [6.45, 7) is 2.11. The van der Waals surface area contributed by atoms with Crippen LogP contribution in [0.4, 0.5) is 31.7 Å². The van der Waals surface area contributed by atoms with E-state index in [1.165, 1.54) is 37.2 Å². The third kappa shape index (κ3) is 4.34. The number of hydrogen-bond acceptors (Lipinski definition) is 4. The number of pyridine rings is 1. The number of amides is 1. The Morgan fingerprint density at radius 1 is 0.966 bits per heavy atom. The lowest BCUT2D eigenvalue weighted by Crippen LogP contribution is -2.17. The van der Waals surface area contributed by atoms with Gasteiger partial charge in [0.2, 0.25) is 0 Å². The van der Waals surface area contributed by atoms with Gasteiger partial charge in [0.25, 0.3) is 5.91 Å². The van der Waals surface area contributed by atoms with E-state index in [2.05, 4.69) is 20.5 Å². The number of benzene rings is 2. The summed E-state index contributed by atoms with van der Waals surface area (Å²) in [6, 6.07) is 14.3. The maximum Gasteiger partial charge on any atom is 0.255 e. The van der Waals surface area contributed by atoms with Crippen LogP contribution < -0.4 is 15.5 Å². The summed E-state index contributed by atoms with van der Waals surface area (Å²) in [5.74, 6) is -1.64. The minimum absolute atomic E-state index is 0.172. The SMILES string of the molecule is O=C(Nc1ccc(N2CCCC2)cc1)c1ccnc(Nc2c(F)cccc2F)c1. The molecule has 0 radical (unpaired) electrons. The number of para-hydroxylation sites is 1. The fraction of sp³-hybridized carbons (Fsp3) is 0.182. The van der Waals surface area contributed by atoms with E-state index in [-0.39, 0.29) is 17.4 Å². The summed E-state index contributed by atoms with van der Waals surface area (Å²) in [4.78, 5) is 18.9. The minimum Gasteiger partial charge on any atom is -0.372 e. The highest BCUT2D eigenvalue weighted by molar-refractivity contribution is 6.04. The number of nitrogens with zero attached hydrogens (tertiary/aromatic N) is 2. The lowest BCUT2D eigenvalue weighted by Gasteiger charge is -2.17. The summed E-state index contributed by atoms with van der Waals surface area (Å²) in [5.41, 5.74) is 1.82. The van der Waals surface area contributed by atoms with E-state index in [0.29, 0.717) is 11.3 Å². The molecule has 2 heterocycles. The molecule has 7 heteroatoms. The second-order valence-corrected chi connectivity index (χ2v) is 6.85. The molecule has 5 nitrogen and oxygen atoms in total. The monoisotopic (exact) mass is 394 g/mol. The first-order chi connectivity index (χ1) is 14.1. The van der Waals surface area contributed by atoms with Gasteiger partial charge in [0, 0.05) is 36.2 Å². The average molecular weight is 394 g/mol. The van der Waals surface area contributed by atoms with E-state index in [4.69, 9.17) is 0 Å². The van der Waals surface area contributed by atoms with E-state index in [1.54, 1.807) is 0 Å². The quantitative estimate of drug-likeness (QED) is 0.643. The Kier molecular flexibility index (Phi) is 5.37. The largest absolute Gasteiger partial charge is 0.372 e. The molecule has 0 bridgehead atoms. The Morgan fingerprint density at radius 3 is 2.34 bits per heavy atom. The molecular formula is C22H20F2N4O. The van der Waals surface area contributed by atoms with Gasteiger partial charge in [0.1, 0.15) is 23.1 Å². The molecule has 0 atom stereocenters. The van der Waals surface area contributed by atoms with Crippen molar-refractivity contribution in [3.05, 3.63) is 78.0 Å². The molecule has 1 aliphatic heterocycles. The fourth-order valence-electron chi connectivity index (χ4n) is 3.32. The van der Waals surface area contributed by atoms with Crippen molar-refractivity contribution in [3.8, 4) is 0 Å². The number of halogens is 2. The Balaban J connectivity index is 1.46. The Hall–Kier alpha value is -3.48. The lowest BCUT2D eigenvalue weighted by atomic mass is 10.2. The molecule has 4 rings (SSSR count). The van der Waals surface area contributed by atoms with Crippen molar-refractivity contribution in [2.45, 2.75) is 12.8 Å². The van der Waals surface area contributed by atoms with Gasteiger partial charge in [-0.3, -0.25) is 4.79 Å². The van der Waals surface area contributed by atoms with Gasteiger partial charge in [0.15, 0.2) is 0 Å². The highest BCUT2D eigenvalue weighted by Gasteiger charge is 2.14. The van der Waals surface area contributed by atoms with E-state index in [1.807, 2.05) is 24.3 Å². The highest BCUT2D eigenvalue weighted by atomic mass is 19.1. The molecule has 2 N–H and O–H groups in total. The van der Waals surface area contributed by atoms with Crippen LogP contribution in [0.5, 0.6) is 0 Å². The van der Waals surface area contributed by atoms with Gasteiger partial charge in [-0.15, -0.1) is 0 Å². The van der Waals surface area contributed by atoms with Gasteiger partial charge in [-0.2, -0.15) is 0 Å². The highest BCUT2D eigenvalue weighted by Crippen LogP contribution is 2.24. The Morgan fingerprint density at radius 2 is 1.66 bits per heavy atom. The maximum absolute atomic E-state index is 13.8. The van der Waals surface area contributed by atoms with Crippen molar-refractivity contribution in [2.75, 3.05) is 28.6 Å². The Bertz CT molecular complexity index is 997. The van der Waals surface area contributed by atoms with Crippen LogP contribution in [0.15, 0.2) is 60.8 Å². The van der Waals surface area contributed by atoms with Crippen molar-refractivity contribution in [1.82, 2.24) is 4.98 Å². The fourth-order valence-corrected chi connectivity index (χ4v) is 3.32. The van der Waals surface area contributed by atoms with Crippen molar-refractivity contribution in [2.24, 2.45) is 0 Å². The standard InChI is InChI=1S/C22H20F2N4O/c23-18-4-3-5-19(24)21(18)27-20-14-15(10-11-25-20)22(29)26-16-6-8-17(9-7-16)28-12-1-2-13-28/h3-11,14H,1-2,12-13H2,(H,25,27)(H,26,29). The van der Waals surface area contributed by atoms with E-state index >= 15 is 0 Å². The van der Waals surface area contributed by atoms with Crippen molar-refractivity contribution < 1.29 is 13.6 Å². The van der Waals surface area contributed by atoms with E-state index in [0.717, 1.165) is 30.9 Å². The summed E-state index contributed by atoms with van der Waals surface area (Å²) >= 11 is 0. The summed E-state index contributed by atoms with van der Waals surface area (Å²) in [5, 5.41) is 5.42. The zero-order valence-electron chi connectivity index (χ0n) is 15.7. The number of hydrogen-bond donors (Lipinski definition) is 2. The number of nitrogens with one attached hydrogen (secondary N) is 2. The van der Waals surface area contributed by atoms with Crippen molar-refractivity contribution in [1.29, 1.82) is 0 Å². The molecular weight excluding hydrogens is 374 g/mol. The van der Waals surface area contributed by atoms with Crippen molar-refractivity contribution in [3.63, 3.8) is 0 Å². The zero-order valence-corrected chi connectivity index (χ0v) is 15.7. The normalized spacial score (nSPS) is 13.4. The molecule has 1 fully saturated rings. The summed E-state index contributed by atoms with van der Waals surface area (Å²) in [6.07, 6.45) is 3.81. The molecule has 0 saturated carbocycles. The van der Waals surface area contributed by atoms with E-state index < -0.39 is 11.6 Å². The van der Waals surface area contributed by atoms with Crippen molar-refractivity contribution >= 4 is 28.8 Å². The van der Waals surface area contributed by atoms with Crippen LogP contribution in [0, 0.1) is 11.6 Å². The van der Waals surface area contributed by atoms with Crippen LogP contribution in [-0.2, 0) is 0 Å². The second kappa shape index (κ2) is 8.26. The topological polar surface area (TPSA) is 57.3 Å². The van der Waals surface area contributed by atoms with Crippen LogP contribution in [0.2, 0.25) is 0 Å². The molecule has 29 heavy (non-hydrogen) atoms. The second-order valence-electron chi connectivity index (χ2n) is 6.85. The molecule has 1 amide bonds. The first kappa shape index (κ1) is 18.9. The van der Waals surface area contributed by atoms with Gasteiger partial charge >= 0.3 is 0 Å². The van der Waals surface area contributed by atoms with Gasteiger partial charge in [-0.25, -0.2) is 13.8 Å². The molecule has 1 aromatic heterocycles. The van der Waals surface area contributed by atoms with Crippen LogP contribution in [0.1, 0.15) is 23.2 Å². The predicted molar refractivity (Wildman–Crippen MR) is 110 cm³/mol. The third-order valence-electron chi connectivity index (χ3n) is 4.83. The van der Waals surface area contributed by atoms with Crippen LogP contribution in [-0.4, -0.2) is 24.0 Å². The molecule has 148 valence electrons. The van der Waals surface area contributed by atoms with Crippen LogP contribution in [0.25, 0.3) is 0 Å². The summed E-state index contributed by atoms with van der Waals surface area (Å²) in [7, 11) is 0.